The highest BCUT2D eigenvalue weighted by Gasteiger charge is 2.17. The smallest absolute Gasteiger partial charge is 0.258 e. The third-order valence-corrected chi connectivity index (χ3v) is 2.98. The van der Waals surface area contributed by atoms with Crippen molar-refractivity contribution in [2.24, 2.45) is 0 Å². The third-order valence-electron chi connectivity index (χ3n) is 2.98. The van der Waals surface area contributed by atoms with Crippen LogP contribution in [0.3, 0.4) is 0 Å². The number of benzene rings is 1. The SMILES string of the molecule is COc1cccc(OC)c1C(=O)NCCn1cccc1. The zero-order valence-corrected chi connectivity index (χ0v) is 11.6. The summed E-state index contributed by atoms with van der Waals surface area (Å²) in [5, 5.41) is 2.87. The first-order valence-corrected chi connectivity index (χ1v) is 6.36. The third kappa shape index (κ3) is 3.12. The van der Waals surface area contributed by atoms with Gasteiger partial charge in [0.25, 0.3) is 5.91 Å². The van der Waals surface area contributed by atoms with Crippen molar-refractivity contribution in [2.45, 2.75) is 6.54 Å². The predicted molar refractivity (Wildman–Crippen MR) is 76.3 cm³/mol. The maximum atomic E-state index is 12.3. The highest BCUT2D eigenvalue weighted by molar-refractivity contribution is 5.99. The molecule has 0 radical (unpaired) electrons. The Kier molecular flexibility index (Phi) is 4.65. The number of hydrogen-bond donors (Lipinski definition) is 1. The molecule has 0 atom stereocenters. The summed E-state index contributed by atoms with van der Waals surface area (Å²) in [6, 6.07) is 9.16. The lowest BCUT2D eigenvalue weighted by molar-refractivity contribution is 0.0946. The average molecular weight is 274 g/mol. The van der Waals surface area contributed by atoms with Gasteiger partial charge in [-0.2, -0.15) is 0 Å². The van der Waals surface area contributed by atoms with Crippen LogP contribution in [-0.2, 0) is 6.54 Å². The van der Waals surface area contributed by atoms with E-state index in [0.717, 1.165) is 6.54 Å². The minimum atomic E-state index is -0.202. The molecule has 5 nitrogen and oxygen atoms in total. The number of nitrogens with one attached hydrogen (secondary N) is 1. The second-order valence-electron chi connectivity index (χ2n) is 4.21. The van der Waals surface area contributed by atoms with Crippen molar-refractivity contribution in [3.05, 3.63) is 48.3 Å². The van der Waals surface area contributed by atoms with Crippen LogP contribution in [0.5, 0.6) is 11.5 Å². The molecule has 0 unspecified atom stereocenters. The summed E-state index contributed by atoms with van der Waals surface area (Å²) >= 11 is 0. The number of carbonyl (C=O) groups is 1. The van der Waals surface area contributed by atoms with E-state index in [1.54, 1.807) is 18.2 Å². The molecule has 5 heteroatoms. The van der Waals surface area contributed by atoms with Crippen molar-refractivity contribution in [1.29, 1.82) is 0 Å². The van der Waals surface area contributed by atoms with E-state index in [9.17, 15) is 4.79 Å². The number of nitrogens with zero attached hydrogens (tertiary/aromatic N) is 1. The number of rotatable bonds is 6. The molecule has 20 heavy (non-hydrogen) atoms. The van der Waals surface area contributed by atoms with Crippen molar-refractivity contribution in [3.8, 4) is 11.5 Å². The van der Waals surface area contributed by atoms with E-state index in [0.29, 0.717) is 23.6 Å². The minimum Gasteiger partial charge on any atom is -0.496 e. The second-order valence-corrected chi connectivity index (χ2v) is 4.21. The molecule has 106 valence electrons. The summed E-state index contributed by atoms with van der Waals surface area (Å²) in [6.45, 7) is 1.25. The van der Waals surface area contributed by atoms with Crippen LogP contribution in [0.25, 0.3) is 0 Å². The fraction of sp³-hybridized carbons (Fsp3) is 0.267. The number of hydrogen-bond acceptors (Lipinski definition) is 3. The molecule has 0 bridgehead atoms. The van der Waals surface area contributed by atoms with E-state index in [2.05, 4.69) is 5.32 Å². The molecule has 2 aromatic rings. The highest BCUT2D eigenvalue weighted by Crippen LogP contribution is 2.27. The molecule has 0 fully saturated rings. The molecule has 0 aliphatic carbocycles. The molecule has 0 aliphatic heterocycles. The van der Waals surface area contributed by atoms with Gasteiger partial charge >= 0.3 is 0 Å². The number of amides is 1. The van der Waals surface area contributed by atoms with E-state index in [-0.39, 0.29) is 5.91 Å². The van der Waals surface area contributed by atoms with E-state index in [1.807, 2.05) is 29.1 Å². The number of ether oxygens (including phenoxy) is 2. The fourth-order valence-electron chi connectivity index (χ4n) is 1.98. The summed E-state index contributed by atoms with van der Waals surface area (Å²) in [6.07, 6.45) is 3.91. The molecule has 1 amide bonds. The molecule has 0 saturated carbocycles. The van der Waals surface area contributed by atoms with Crippen LogP contribution in [-0.4, -0.2) is 31.2 Å². The van der Waals surface area contributed by atoms with Gasteiger partial charge in [-0.3, -0.25) is 4.79 Å². The zero-order chi connectivity index (χ0) is 14.4. The first-order chi connectivity index (χ1) is 9.76. The molecule has 1 aromatic carbocycles. The van der Waals surface area contributed by atoms with Gasteiger partial charge in [0.15, 0.2) is 0 Å². The van der Waals surface area contributed by atoms with Crippen LogP contribution >= 0.6 is 0 Å². The Morgan fingerprint density at radius 3 is 2.25 bits per heavy atom. The normalized spacial score (nSPS) is 10.1. The summed E-state index contributed by atoms with van der Waals surface area (Å²) in [7, 11) is 3.07. The van der Waals surface area contributed by atoms with E-state index >= 15 is 0 Å². The quantitative estimate of drug-likeness (QED) is 0.875. The summed E-state index contributed by atoms with van der Waals surface area (Å²) in [4.78, 5) is 12.3. The van der Waals surface area contributed by atoms with Crippen molar-refractivity contribution in [2.75, 3.05) is 20.8 Å². The van der Waals surface area contributed by atoms with Gasteiger partial charge in [-0.25, -0.2) is 0 Å². The van der Waals surface area contributed by atoms with Crippen LogP contribution in [0.2, 0.25) is 0 Å². The molecule has 2 rings (SSSR count). The highest BCUT2D eigenvalue weighted by atomic mass is 16.5. The van der Waals surface area contributed by atoms with Gasteiger partial charge in [0, 0.05) is 25.5 Å². The summed E-state index contributed by atoms with van der Waals surface area (Å²) in [5.41, 5.74) is 0.421. The molecule has 1 aromatic heterocycles. The topological polar surface area (TPSA) is 52.5 Å². The number of carbonyl (C=O) groups excluding carboxylic acids is 1. The Labute approximate surface area is 118 Å². The van der Waals surface area contributed by atoms with Gasteiger partial charge in [-0.15, -0.1) is 0 Å². The van der Waals surface area contributed by atoms with Crippen LogP contribution in [0.15, 0.2) is 42.7 Å². The molecule has 0 aliphatic rings. The second kappa shape index (κ2) is 6.65. The molecule has 0 spiro atoms. The standard InChI is InChI=1S/C15H18N2O3/c1-19-12-6-5-7-13(20-2)14(12)15(18)16-8-11-17-9-3-4-10-17/h3-7,9-10H,8,11H2,1-2H3,(H,16,18). The predicted octanol–water partition coefficient (Wildman–Crippen LogP) is 1.94. The van der Waals surface area contributed by atoms with Gasteiger partial charge in [0.05, 0.1) is 14.2 Å². The monoisotopic (exact) mass is 274 g/mol. The van der Waals surface area contributed by atoms with Gasteiger partial charge in [-0.1, -0.05) is 6.07 Å². The van der Waals surface area contributed by atoms with E-state index < -0.39 is 0 Å². The molecule has 1 heterocycles. The Balaban J connectivity index is 2.04. The van der Waals surface area contributed by atoms with Crippen molar-refractivity contribution < 1.29 is 14.3 Å². The summed E-state index contributed by atoms with van der Waals surface area (Å²) in [5.74, 6) is 0.803. The first-order valence-electron chi connectivity index (χ1n) is 6.36. The summed E-state index contributed by atoms with van der Waals surface area (Å²) < 4.78 is 12.4. The minimum absolute atomic E-state index is 0.202. The maximum absolute atomic E-state index is 12.3. The van der Waals surface area contributed by atoms with Crippen molar-refractivity contribution in [1.82, 2.24) is 9.88 Å². The van der Waals surface area contributed by atoms with Crippen LogP contribution in [0.1, 0.15) is 10.4 Å². The van der Waals surface area contributed by atoms with E-state index in [1.165, 1.54) is 14.2 Å². The lowest BCUT2D eigenvalue weighted by Crippen LogP contribution is -2.27. The number of aromatic nitrogens is 1. The Hall–Kier alpha value is -2.43. The van der Waals surface area contributed by atoms with Crippen molar-refractivity contribution in [3.63, 3.8) is 0 Å². The molecule has 1 N–H and O–H groups in total. The van der Waals surface area contributed by atoms with Gasteiger partial charge < -0.3 is 19.4 Å². The Morgan fingerprint density at radius 1 is 1.10 bits per heavy atom. The molecular formula is C15H18N2O3. The Morgan fingerprint density at radius 2 is 1.70 bits per heavy atom. The average Bonchev–Trinajstić information content (AvgIpc) is 2.99. The largest absolute Gasteiger partial charge is 0.496 e. The molecular weight excluding hydrogens is 256 g/mol. The first kappa shape index (κ1) is 14.0. The van der Waals surface area contributed by atoms with Crippen LogP contribution in [0, 0.1) is 0 Å². The number of methoxy groups -OCH3 is 2. The van der Waals surface area contributed by atoms with Gasteiger partial charge in [0.2, 0.25) is 0 Å². The maximum Gasteiger partial charge on any atom is 0.258 e. The lowest BCUT2D eigenvalue weighted by Gasteiger charge is -2.13. The molecule has 0 saturated heterocycles. The van der Waals surface area contributed by atoms with Gasteiger partial charge in [-0.05, 0) is 24.3 Å². The van der Waals surface area contributed by atoms with Crippen molar-refractivity contribution >= 4 is 5.91 Å². The van der Waals surface area contributed by atoms with Gasteiger partial charge in [0.1, 0.15) is 17.1 Å². The Bertz CT molecular complexity index is 542. The van der Waals surface area contributed by atoms with E-state index in [4.69, 9.17) is 9.47 Å². The lowest BCUT2D eigenvalue weighted by atomic mass is 10.1. The fourth-order valence-corrected chi connectivity index (χ4v) is 1.98. The van der Waals surface area contributed by atoms with Crippen LogP contribution < -0.4 is 14.8 Å². The zero-order valence-electron chi connectivity index (χ0n) is 11.6. The van der Waals surface area contributed by atoms with Crippen LogP contribution in [0.4, 0.5) is 0 Å².